The summed E-state index contributed by atoms with van der Waals surface area (Å²) in [4.78, 5) is 25.9. The van der Waals surface area contributed by atoms with Crippen LogP contribution in [-0.2, 0) is 14.1 Å². The Labute approximate surface area is 189 Å². The van der Waals surface area contributed by atoms with Crippen LogP contribution in [0.1, 0.15) is 35.3 Å². The van der Waals surface area contributed by atoms with E-state index in [1.165, 1.54) is 10.1 Å². The quantitative estimate of drug-likeness (QED) is 0.532. The van der Waals surface area contributed by atoms with Crippen LogP contribution in [-0.4, -0.2) is 34.7 Å². The first-order valence-electron chi connectivity index (χ1n) is 10.8. The van der Waals surface area contributed by atoms with E-state index in [0.29, 0.717) is 17.5 Å². The topological polar surface area (TPSA) is 80.1 Å². The second-order valence-electron chi connectivity index (χ2n) is 8.44. The van der Waals surface area contributed by atoms with Crippen LogP contribution in [0, 0.1) is 13.8 Å². The fourth-order valence-corrected chi connectivity index (χ4v) is 4.15. The zero-order valence-electron chi connectivity index (χ0n) is 20.0. The van der Waals surface area contributed by atoms with E-state index in [9.17, 15) is 9.59 Å². The maximum Gasteiger partial charge on any atom is 0.260 e. The normalized spacial score (nSPS) is 13.1. The molecule has 7 heteroatoms. The Morgan fingerprint density at radius 1 is 1.12 bits per heavy atom. The summed E-state index contributed by atoms with van der Waals surface area (Å²) in [6, 6.07) is 8.22. The highest BCUT2D eigenvalue weighted by atomic mass is 16.2. The lowest BCUT2D eigenvalue weighted by molar-refractivity contribution is 0.0958. The SMILES string of the molecule is CNC(C)/C(CNC(=O)c1cn(C)c2c(C)cn(C)c(=O)c12)=C(/C)Nc1cccc(C)c1. The summed E-state index contributed by atoms with van der Waals surface area (Å²) >= 11 is 0. The van der Waals surface area contributed by atoms with Crippen molar-refractivity contribution < 1.29 is 4.79 Å². The van der Waals surface area contributed by atoms with Gasteiger partial charge in [0.25, 0.3) is 11.5 Å². The molecule has 0 bridgehead atoms. The number of allylic oxidation sites excluding steroid dienone is 1. The summed E-state index contributed by atoms with van der Waals surface area (Å²) in [5.41, 5.74) is 6.14. The van der Waals surface area contributed by atoms with Crippen molar-refractivity contribution in [2.45, 2.75) is 33.7 Å². The number of pyridine rings is 1. The molecule has 170 valence electrons. The average molecular weight is 436 g/mol. The third kappa shape index (κ3) is 4.62. The predicted molar refractivity (Wildman–Crippen MR) is 131 cm³/mol. The zero-order chi connectivity index (χ0) is 23.6. The van der Waals surface area contributed by atoms with Crippen LogP contribution in [0.2, 0.25) is 0 Å². The van der Waals surface area contributed by atoms with E-state index in [4.69, 9.17) is 0 Å². The fraction of sp³-hybridized carbons (Fsp3) is 0.360. The molecule has 3 rings (SSSR count). The third-order valence-corrected chi connectivity index (χ3v) is 5.95. The molecule has 0 aliphatic rings. The van der Waals surface area contributed by atoms with Gasteiger partial charge in [-0.25, -0.2) is 0 Å². The molecule has 1 atom stereocenters. The van der Waals surface area contributed by atoms with E-state index >= 15 is 0 Å². The molecule has 7 nitrogen and oxygen atoms in total. The highest BCUT2D eigenvalue weighted by molar-refractivity contribution is 6.07. The van der Waals surface area contributed by atoms with E-state index in [0.717, 1.165) is 28.0 Å². The number of aryl methyl sites for hydroxylation is 4. The lowest BCUT2D eigenvalue weighted by Crippen LogP contribution is -2.35. The average Bonchev–Trinajstić information content (AvgIpc) is 3.09. The van der Waals surface area contributed by atoms with Crippen molar-refractivity contribution in [3.8, 4) is 0 Å². The number of carbonyl (C=O) groups excluding carboxylic acids is 1. The first-order chi connectivity index (χ1) is 15.1. The minimum Gasteiger partial charge on any atom is -0.359 e. The van der Waals surface area contributed by atoms with Gasteiger partial charge >= 0.3 is 0 Å². The van der Waals surface area contributed by atoms with E-state index in [1.807, 2.05) is 44.6 Å². The molecule has 3 aromatic rings. The number of hydrogen-bond donors (Lipinski definition) is 3. The van der Waals surface area contributed by atoms with Crippen molar-refractivity contribution in [2.24, 2.45) is 14.1 Å². The molecule has 0 saturated heterocycles. The second-order valence-corrected chi connectivity index (χ2v) is 8.44. The summed E-state index contributed by atoms with van der Waals surface area (Å²) in [7, 11) is 5.46. The molecule has 0 saturated carbocycles. The molecule has 0 aliphatic heterocycles. The van der Waals surface area contributed by atoms with E-state index in [-0.39, 0.29) is 17.5 Å². The summed E-state index contributed by atoms with van der Waals surface area (Å²) in [5.74, 6) is -0.262. The zero-order valence-corrected chi connectivity index (χ0v) is 20.0. The molecule has 0 radical (unpaired) electrons. The van der Waals surface area contributed by atoms with Crippen LogP contribution in [0.4, 0.5) is 5.69 Å². The smallest absolute Gasteiger partial charge is 0.260 e. The predicted octanol–water partition coefficient (Wildman–Crippen LogP) is 3.22. The number of carbonyl (C=O) groups is 1. The van der Waals surface area contributed by atoms with Crippen LogP contribution in [0.5, 0.6) is 0 Å². The van der Waals surface area contributed by atoms with Crippen LogP contribution < -0.4 is 21.5 Å². The van der Waals surface area contributed by atoms with Gasteiger partial charge in [-0.05, 0) is 63.6 Å². The van der Waals surface area contributed by atoms with Crippen LogP contribution in [0.25, 0.3) is 10.9 Å². The van der Waals surface area contributed by atoms with Gasteiger partial charge in [0.05, 0.1) is 16.5 Å². The summed E-state index contributed by atoms with van der Waals surface area (Å²) in [5, 5.41) is 10.2. The molecule has 1 amide bonds. The largest absolute Gasteiger partial charge is 0.359 e. The van der Waals surface area contributed by atoms with Gasteiger partial charge in [0.15, 0.2) is 0 Å². The fourth-order valence-electron chi connectivity index (χ4n) is 4.15. The van der Waals surface area contributed by atoms with E-state index < -0.39 is 0 Å². The summed E-state index contributed by atoms with van der Waals surface area (Å²) in [6.45, 7) is 8.42. The van der Waals surface area contributed by atoms with Crippen molar-refractivity contribution in [2.75, 3.05) is 18.9 Å². The lowest BCUT2D eigenvalue weighted by atomic mass is 10.1. The Hall–Kier alpha value is -3.32. The van der Waals surface area contributed by atoms with Crippen molar-refractivity contribution in [3.63, 3.8) is 0 Å². The van der Waals surface area contributed by atoms with Gasteiger partial charge in [0.2, 0.25) is 0 Å². The number of fused-ring (bicyclic) bond motifs is 1. The van der Waals surface area contributed by atoms with Gasteiger partial charge in [-0.2, -0.15) is 0 Å². The third-order valence-electron chi connectivity index (χ3n) is 5.95. The van der Waals surface area contributed by atoms with Crippen molar-refractivity contribution in [1.29, 1.82) is 0 Å². The summed E-state index contributed by atoms with van der Waals surface area (Å²) in [6.07, 6.45) is 3.53. The number of nitrogens with zero attached hydrogens (tertiary/aromatic N) is 2. The molecule has 0 spiro atoms. The number of nitrogens with one attached hydrogen (secondary N) is 3. The van der Waals surface area contributed by atoms with Crippen LogP contribution >= 0.6 is 0 Å². The summed E-state index contributed by atoms with van der Waals surface area (Å²) < 4.78 is 3.37. The molecule has 3 N–H and O–H groups in total. The maximum atomic E-state index is 13.2. The number of rotatable bonds is 7. The minimum atomic E-state index is -0.262. The van der Waals surface area contributed by atoms with Crippen LogP contribution in [0.3, 0.4) is 0 Å². The van der Waals surface area contributed by atoms with Crippen molar-refractivity contribution >= 4 is 22.5 Å². The van der Waals surface area contributed by atoms with Crippen molar-refractivity contribution in [3.05, 3.63) is 75.0 Å². The van der Waals surface area contributed by atoms with Gasteiger partial charge in [0.1, 0.15) is 0 Å². The van der Waals surface area contributed by atoms with Crippen LogP contribution in [0.15, 0.2) is 52.7 Å². The highest BCUT2D eigenvalue weighted by Gasteiger charge is 2.20. The lowest BCUT2D eigenvalue weighted by Gasteiger charge is -2.21. The Balaban J connectivity index is 1.90. The molecule has 0 aliphatic carbocycles. The molecule has 1 aromatic carbocycles. The molecule has 32 heavy (non-hydrogen) atoms. The molecular formula is C25H33N5O2. The Bertz CT molecular complexity index is 1250. The molecule has 0 fully saturated rings. The number of likely N-dealkylation sites (N-methyl/N-ethyl adjacent to an activating group) is 1. The van der Waals surface area contributed by atoms with E-state index in [1.54, 1.807) is 19.4 Å². The van der Waals surface area contributed by atoms with Gasteiger partial charge in [-0.3, -0.25) is 9.59 Å². The number of amides is 1. The maximum absolute atomic E-state index is 13.2. The Morgan fingerprint density at radius 3 is 2.50 bits per heavy atom. The van der Waals surface area contributed by atoms with Crippen molar-refractivity contribution in [1.82, 2.24) is 19.8 Å². The molecule has 1 unspecified atom stereocenters. The van der Waals surface area contributed by atoms with Gasteiger partial charge < -0.3 is 25.1 Å². The number of anilines is 1. The Morgan fingerprint density at radius 2 is 1.84 bits per heavy atom. The van der Waals surface area contributed by atoms with E-state index in [2.05, 4.69) is 41.9 Å². The van der Waals surface area contributed by atoms with Gasteiger partial charge in [0, 0.05) is 50.5 Å². The van der Waals surface area contributed by atoms with Gasteiger partial charge in [-0.1, -0.05) is 12.1 Å². The first kappa shape index (κ1) is 23.3. The number of aromatic nitrogens is 2. The minimum absolute atomic E-state index is 0.0511. The molecule has 2 heterocycles. The molecule has 2 aromatic heterocycles. The standard InChI is InChI=1S/C25H33N5O2/c1-15-9-8-10-19(11-15)28-18(4)20(17(3)26-5)12-27-24(31)21-14-29(6)23-16(2)13-30(7)25(32)22(21)23/h8-11,13-14,17,26,28H,12H2,1-7H3,(H,27,31)/b20-18-. The van der Waals surface area contributed by atoms with Gasteiger partial charge in [-0.15, -0.1) is 0 Å². The highest BCUT2D eigenvalue weighted by Crippen LogP contribution is 2.21. The monoisotopic (exact) mass is 435 g/mol. The first-order valence-corrected chi connectivity index (χ1v) is 10.8. The Kier molecular flexibility index (Phi) is 6.89. The number of hydrogen-bond acceptors (Lipinski definition) is 4. The second kappa shape index (κ2) is 9.44. The number of benzene rings is 1. The molecular weight excluding hydrogens is 402 g/mol.